The molecule has 3 rings (SSSR count). The fraction of sp³-hybridized carbons (Fsp3) is 0.412. The molecule has 2 amide bonds. The van der Waals surface area contributed by atoms with Crippen LogP contribution >= 0.6 is 0 Å². The third kappa shape index (κ3) is 3.78. The van der Waals surface area contributed by atoms with Gasteiger partial charge in [-0.3, -0.25) is 9.59 Å². The maximum atomic E-state index is 12.5. The number of amides is 2. The average Bonchev–Trinajstić information content (AvgIpc) is 3.03. The minimum Gasteiger partial charge on any atom is -0.399 e. The first kappa shape index (κ1) is 16.9. The topological polar surface area (TPSA) is 106 Å². The van der Waals surface area contributed by atoms with Gasteiger partial charge in [0, 0.05) is 19.8 Å². The molecule has 132 valence electrons. The minimum atomic E-state index is -0.293. The molecule has 0 radical (unpaired) electrons. The number of anilines is 1. The van der Waals surface area contributed by atoms with Crippen LogP contribution in [0.4, 0.5) is 5.69 Å². The van der Waals surface area contributed by atoms with Crippen LogP contribution in [0.2, 0.25) is 0 Å². The quantitative estimate of drug-likeness (QED) is 0.798. The Hall–Kier alpha value is -2.90. The third-order valence-corrected chi connectivity index (χ3v) is 4.35. The average molecular weight is 342 g/mol. The molecule has 1 aromatic heterocycles. The summed E-state index contributed by atoms with van der Waals surface area (Å²) in [5.74, 6) is -0.408. The summed E-state index contributed by atoms with van der Waals surface area (Å²) < 4.78 is 1.37. The Labute approximate surface area is 146 Å². The predicted octanol–water partition coefficient (Wildman–Crippen LogP) is 0.756. The fourth-order valence-electron chi connectivity index (χ4n) is 2.98. The SMILES string of the molecule is CN(C)C(=O)Cn1cc(C(=O)NC2CCCc3cc(N)ccc32)nn1. The van der Waals surface area contributed by atoms with Crippen LogP contribution in [0.1, 0.15) is 40.5 Å². The van der Waals surface area contributed by atoms with Crippen LogP contribution in [0.3, 0.4) is 0 Å². The standard InChI is InChI=1S/C17H22N6O2/c1-22(2)16(24)10-23-9-15(20-21-23)17(25)19-14-5-3-4-11-8-12(18)6-7-13(11)14/h6-9,14H,3-5,10,18H2,1-2H3,(H,19,25). The molecule has 0 fully saturated rings. The van der Waals surface area contributed by atoms with Crippen LogP contribution in [0.5, 0.6) is 0 Å². The molecule has 0 spiro atoms. The molecule has 3 N–H and O–H groups in total. The highest BCUT2D eigenvalue weighted by molar-refractivity contribution is 5.92. The van der Waals surface area contributed by atoms with E-state index in [1.54, 1.807) is 14.1 Å². The van der Waals surface area contributed by atoms with Crippen molar-refractivity contribution in [2.24, 2.45) is 0 Å². The van der Waals surface area contributed by atoms with Gasteiger partial charge in [0.1, 0.15) is 6.54 Å². The first-order chi connectivity index (χ1) is 11.9. The lowest BCUT2D eigenvalue weighted by molar-refractivity contribution is -0.129. The smallest absolute Gasteiger partial charge is 0.273 e. The zero-order valence-electron chi connectivity index (χ0n) is 14.4. The van der Waals surface area contributed by atoms with Crippen LogP contribution < -0.4 is 11.1 Å². The Morgan fingerprint density at radius 2 is 2.20 bits per heavy atom. The van der Waals surface area contributed by atoms with E-state index in [0.29, 0.717) is 0 Å². The molecule has 1 aliphatic rings. The summed E-state index contributed by atoms with van der Waals surface area (Å²) in [5.41, 5.74) is 9.06. The van der Waals surface area contributed by atoms with Crippen LogP contribution in [-0.4, -0.2) is 45.8 Å². The van der Waals surface area contributed by atoms with E-state index in [2.05, 4.69) is 15.6 Å². The van der Waals surface area contributed by atoms with Gasteiger partial charge in [0.15, 0.2) is 5.69 Å². The number of nitrogen functional groups attached to an aromatic ring is 1. The van der Waals surface area contributed by atoms with Gasteiger partial charge in [0.25, 0.3) is 5.91 Å². The molecule has 0 saturated carbocycles. The summed E-state index contributed by atoms with van der Waals surface area (Å²) in [7, 11) is 3.33. The van der Waals surface area contributed by atoms with Crippen molar-refractivity contribution >= 4 is 17.5 Å². The maximum Gasteiger partial charge on any atom is 0.273 e. The minimum absolute atomic E-state index is 0.0544. The van der Waals surface area contributed by atoms with Crippen molar-refractivity contribution in [3.63, 3.8) is 0 Å². The van der Waals surface area contributed by atoms with Gasteiger partial charge in [0.05, 0.1) is 12.2 Å². The summed E-state index contributed by atoms with van der Waals surface area (Å²) in [6, 6.07) is 5.73. The van der Waals surface area contributed by atoms with Crippen molar-refractivity contribution in [1.82, 2.24) is 25.2 Å². The van der Waals surface area contributed by atoms with Crippen LogP contribution in [0.25, 0.3) is 0 Å². The zero-order chi connectivity index (χ0) is 18.0. The predicted molar refractivity (Wildman–Crippen MR) is 92.7 cm³/mol. The Bertz CT molecular complexity index is 798. The van der Waals surface area contributed by atoms with Gasteiger partial charge in [0.2, 0.25) is 5.91 Å². The van der Waals surface area contributed by atoms with Crippen LogP contribution in [0.15, 0.2) is 24.4 Å². The Kier molecular flexibility index (Phi) is 4.69. The Morgan fingerprint density at radius 1 is 1.40 bits per heavy atom. The molecular weight excluding hydrogens is 320 g/mol. The fourth-order valence-corrected chi connectivity index (χ4v) is 2.98. The molecule has 1 aliphatic carbocycles. The number of nitrogens with two attached hydrogens (primary N) is 1. The lowest BCUT2D eigenvalue weighted by Gasteiger charge is -2.26. The molecule has 1 aromatic carbocycles. The highest BCUT2D eigenvalue weighted by Gasteiger charge is 2.23. The summed E-state index contributed by atoms with van der Waals surface area (Å²) in [6.45, 7) is 0.0544. The lowest BCUT2D eigenvalue weighted by Crippen LogP contribution is -2.31. The molecule has 0 bridgehead atoms. The number of nitrogens with one attached hydrogen (secondary N) is 1. The number of carbonyl (C=O) groups excluding carboxylic acids is 2. The number of hydrogen-bond donors (Lipinski definition) is 2. The van der Waals surface area contributed by atoms with Crippen molar-refractivity contribution in [2.45, 2.75) is 31.8 Å². The highest BCUT2D eigenvalue weighted by atomic mass is 16.2. The van der Waals surface area contributed by atoms with Gasteiger partial charge in [-0.25, -0.2) is 4.68 Å². The monoisotopic (exact) mass is 342 g/mol. The summed E-state index contributed by atoms with van der Waals surface area (Å²) in [4.78, 5) is 25.6. The highest BCUT2D eigenvalue weighted by Crippen LogP contribution is 2.31. The normalized spacial score (nSPS) is 16.2. The Morgan fingerprint density at radius 3 is 2.96 bits per heavy atom. The van der Waals surface area contributed by atoms with E-state index in [9.17, 15) is 9.59 Å². The summed E-state index contributed by atoms with van der Waals surface area (Å²) in [6.07, 6.45) is 4.32. The second-order valence-corrected chi connectivity index (χ2v) is 6.47. The van der Waals surface area contributed by atoms with E-state index in [0.717, 1.165) is 30.5 Å². The van der Waals surface area contributed by atoms with Crippen molar-refractivity contribution < 1.29 is 9.59 Å². The number of nitrogens with zero attached hydrogens (tertiary/aromatic N) is 4. The molecule has 1 unspecified atom stereocenters. The van der Waals surface area contributed by atoms with Gasteiger partial charge in [-0.05, 0) is 42.5 Å². The van der Waals surface area contributed by atoms with Crippen molar-refractivity contribution in [3.8, 4) is 0 Å². The molecule has 1 heterocycles. The molecule has 8 nitrogen and oxygen atoms in total. The number of benzene rings is 1. The van der Waals surface area contributed by atoms with Gasteiger partial charge in [-0.1, -0.05) is 11.3 Å². The van der Waals surface area contributed by atoms with E-state index in [-0.39, 0.29) is 30.1 Å². The van der Waals surface area contributed by atoms with Gasteiger partial charge in [-0.15, -0.1) is 5.10 Å². The number of likely N-dealkylation sites (N-methyl/N-ethyl adjacent to an activating group) is 1. The summed E-state index contributed by atoms with van der Waals surface area (Å²) in [5, 5.41) is 10.7. The van der Waals surface area contributed by atoms with E-state index < -0.39 is 0 Å². The maximum absolute atomic E-state index is 12.5. The van der Waals surface area contributed by atoms with Crippen molar-refractivity contribution in [1.29, 1.82) is 0 Å². The first-order valence-corrected chi connectivity index (χ1v) is 8.23. The molecule has 1 atom stereocenters. The van der Waals surface area contributed by atoms with Crippen LogP contribution in [0, 0.1) is 0 Å². The summed E-state index contributed by atoms with van der Waals surface area (Å²) >= 11 is 0. The number of rotatable bonds is 4. The molecule has 2 aromatic rings. The number of fused-ring (bicyclic) bond motifs is 1. The van der Waals surface area contributed by atoms with E-state index >= 15 is 0 Å². The zero-order valence-corrected chi connectivity index (χ0v) is 14.4. The largest absolute Gasteiger partial charge is 0.399 e. The third-order valence-electron chi connectivity index (χ3n) is 4.35. The van der Waals surface area contributed by atoms with Crippen molar-refractivity contribution in [2.75, 3.05) is 19.8 Å². The van der Waals surface area contributed by atoms with Gasteiger partial charge < -0.3 is 16.0 Å². The molecule has 0 saturated heterocycles. The molecule has 0 aliphatic heterocycles. The Balaban J connectivity index is 1.70. The number of aromatic nitrogens is 3. The van der Waals surface area contributed by atoms with Gasteiger partial charge in [-0.2, -0.15) is 0 Å². The van der Waals surface area contributed by atoms with Crippen LogP contribution in [-0.2, 0) is 17.8 Å². The number of hydrogen-bond acceptors (Lipinski definition) is 5. The molecular formula is C17H22N6O2. The molecule has 25 heavy (non-hydrogen) atoms. The number of aryl methyl sites for hydroxylation is 1. The first-order valence-electron chi connectivity index (χ1n) is 8.23. The van der Waals surface area contributed by atoms with Crippen molar-refractivity contribution in [3.05, 3.63) is 41.2 Å². The lowest BCUT2D eigenvalue weighted by atomic mass is 9.87. The van der Waals surface area contributed by atoms with E-state index in [4.69, 9.17) is 5.73 Å². The molecule has 8 heteroatoms. The van der Waals surface area contributed by atoms with Gasteiger partial charge >= 0.3 is 0 Å². The van der Waals surface area contributed by atoms with E-state index in [1.165, 1.54) is 21.3 Å². The second-order valence-electron chi connectivity index (χ2n) is 6.47. The second kappa shape index (κ2) is 6.92. The van der Waals surface area contributed by atoms with E-state index in [1.807, 2.05) is 18.2 Å². The number of carbonyl (C=O) groups is 2.